The highest BCUT2D eigenvalue weighted by Crippen LogP contribution is 2.33. The van der Waals surface area contributed by atoms with Gasteiger partial charge in [-0.1, -0.05) is 54.1 Å². The first-order chi connectivity index (χ1) is 15.5. The molecular weight excluding hydrogens is 427 g/mol. The zero-order valence-corrected chi connectivity index (χ0v) is 18.7. The molecule has 0 N–H and O–H groups in total. The Balaban J connectivity index is 1.56. The molecule has 4 rings (SSSR count). The molecule has 0 bridgehead atoms. The maximum absolute atomic E-state index is 13.2. The molecule has 0 saturated carbocycles. The van der Waals surface area contributed by atoms with Crippen LogP contribution < -0.4 is 4.74 Å². The van der Waals surface area contributed by atoms with E-state index in [0.29, 0.717) is 17.3 Å². The molecule has 1 saturated heterocycles. The van der Waals surface area contributed by atoms with Gasteiger partial charge in [0.2, 0.25) is 0 Å². The lowest BCUT2D eigenvalue weighted by Gasteiger charge is -2.31. The van der Waals surface area contributed by atoms with Gasteiger partial charge in [-0.25, -0.2) is 9.18 Å². The van der Waals surface area contributed by atoms with Gasteiger partial charge in [-0.05, 0) is 54.4 Å². The van der Waals surface area contributed by atoms with Gasteiger partial charge in [0.15, 0.2) is 0 Å². The van der Waals surface area contributed by atoms with Crippen LogP contribution in [-0.2, 0) is 6.54 Å². The Morgan fingerprint density at radius 1 is 1.03 bits per heavy atom. The smallest absolute Gasteiger partial charge is 0.410 e. The minimum atomic E-state index is -0.426. The number of carbonyl (C=O) groups excluding carboxylic acids is 1. The SMILES string of the molecule is CCN(C(=O)Oc1ccc(F)cc1)C1CN(Cc2ccccc2)CC1c1ccc(Cl)cc1. The van der Waals surface area contributed by atoms with Crippen molar-refractivity contribution in [2.24, 2.45) is 0 Å². The summed E-state index contributed by atoms with van der Waals surface area (Å²) in [6.45, 7) is 4.82. The van der Waals surface area contributed by atoms with Gasteiger partial charge in [-0.3, -0.25) is 4.90 Å². The Hall–Kier alpha value is -2.89. The number of nitrogens with zero attached hydrogens (tertiary/aromatic N) is 2. The van der Waals surface area contributed by atoms with E-state index in [1.54, 1.807) is 4.90 Å². The molecule has 0 radical (unpaired) electrons. The van der Waals surface area contributed by atoms with Crippen LogP contribution in [0.1, 0.15) is 24.0 Å². The molecule has 32 heavy (non-hydrogen) atoms. The quantitative estimate of drug-likeness (QED) is 0.462. The van der Waals surface area contributed by atoms with Crippen LogP contribution in [-0.4, -0.2) is 41.6 Å². The molecule has 4 nitrogen and oxygen atoms in total. The maximum atomic E-state index is 13.2. The van der Waals surface area contributed by atoms with E-state index in [0.717, 1.165) is 25.2 Å². The molecule has 166 valence electrons. The van der Waals surface area contributed by atoms with Gasteiger partial charge in [-0.15, -0.1) is 0 Å². The van der Waals surface area contributed by atoms with Crippen LogP contribution in [0, 0.1) is 5.82 Å². The van der Waals surface area contributed by atoms with Gasteiger partial charge in [-0.2, -0.15) is 0 Å². The summed E-state index contributed by atoms with van der Waals surface area (Å²) >= 11 is 6.11. The van der Waals surface area contributed by atoms with Crippen molar-refractivity contribution in [3.63, 3.8) is 0 Å². The van der Waals surface area contributed by atoms with Crippen molar-refractivity contribution in [2.45, 2.75) is 25.4 Å². The third-order valence-electron chi connectivity index (χ3n) is 5.91. The maximum Gasteiger partial charge on any atom is 0.415 e. The van der Waals surface area contributed by atoms with E-state index in [1.807, 2.05) is 49.4 Å². The molecule has 1 amide bonds. The average molecular weight is 453 g/mol. The van der Waals surface area contributed by atoms with Gasteiger partial charge in [0.25, 0.3) is 0 Å². The van der Waals surface area contributed by atoms with Crippen LogP contribution in [0.15, 0.2) is 78.9 Å². The molecule has 0 aliphatic carbocycles. The van der Waals surface area contributed by atoms with Crippen molar-refractivity contribution in [2.75, 3.05) is 19.6 Å². The summed E-state index contributed by atoms with van der Waals surface area (Å²) in [5.41, 5.74) is 2.38. The van der Waals surface area contributed by atoms with Gasteiger partial charge in [0.05, 0.1) is 6.04 Å². The van der Waals surface area contributed by atoms with Crippen LogP contribution in [0.3, 0.4) is 0 Å². The highest BCUT2D eigenvalue weighted by atomic mass is 35.5. The molecule has 0 spiro atoms. The third kappa shape index (κ3) is 5.29. The van der Waals surface area contributed by atoms with Crippen molar-refractivity contribution in [3.8, 4) is 5.75 Å². The number of hydrogen-bond acceptors (Lipinski definition) is 3. The Bertz CT molecular complexity index is 1030. The molecular formula is C26H26ClFN2O2. The third-order valence-corrected chi connectivity index (χ3v) is 6.16. The van der Waals surface area contributed by atoms with E-state index < -0.39 is 6.09 Å². The molecule has 0 aromatic heterocycles. The summed E-state index contributed by atoms with van der Waals surface area (Å²) in [6, 6.07) is 23.6. The number of benzene rings is 3. The fraction of sp³-hybridized carbons (Fsp3) is 0.269. The van der Waals surface area contributed by atoms with Crippen molar-refractivity contribution in [3.05, 3.63) is 101 Å². The number of ether oxygens (including phenoxy) is 1. The molecule has 1 heterocycles. The van der Waals surface area contributed by atoms with Gasteiger partial charge < -0.3 is 9.64 Å². The zero-order chi connectivity index (χ0) is 22.5. The fourth-order valence-corrected chi connectivity index (χ4v) is 4.48. The van der Waals surface area contributed by atoms with Crippen molar-refractivity contribution < 1.29 is 13.9 Å². The lowest BCUT2D eigenvalue weighted by Crippen LogP contribution is -2.45. The molecule has 6 heteroatoms. The van der Waals surface area contributed by atoms with E-state index in [-0.39, 0.29) is 17.8 Å². The van der Waals surface area contributed by atoms with Crippen molar-refractivity contribution >= 4 is 17.7 Å². The van der Waals surface area contributed by atoms with Crippen molar-refractivity contribution in [1.29, 1.82) is 0 Å². The van der Waals surface area contributed by atoms with Gasteiger partial charge in [0, 0.05) is 37.1 Å². The lowest BCUT2D eigenvalue weighted by molar-refractivity contribution is 0.131. The number of amides is 1. The van der Waals surface area contributed by atoms with Crippen LogP contribution >= 0.6 is 11.6 Å². The lowest BCUT2D eigenvalue weighted by atomic mass is 9.93. The molecule has 3 aromatic carbocycles. The monoisotopic (exact) mass is 452 g/mol. The summed E-state index contributed by atoms with van der Waals surface area (Å²) in [5.74, 6) is 0.0843. The molecule has 2 atom stereocenters. The minimum Gasteiger partial charge on any atom is -0.410 e. The van der Waals surface area contributed by atoms with Crippen LogP contribution in [0.5, 0.6) is 5.75 Å². The number of halogens is 2. The van der Waals surface area contributed by atoms with Crippen molar-refractivity contribution in [1.82, 2.24) is 9.80 Å². The van der Waals surface area contributed by atoms with E-state index >= 15 is 0 Å². The Morgan fingerprint density at radius 2 is 1.72 bits per heavy atom. The second-order valence-corrected chi connectivity index (χ2v) is 8.45. The summed E-state index contributed by atoms with van der Waals surface area (Å²) in [6.07, 6.45) is -0.426. The predicted octanol–water partition coefficient (Wildman–Crippen LogP) is 5.97. The summed E-state index contributed by atoms with van der Waals surface area (Å²) in [5, 5.41) is 0.688. The Labute approximate surface area is 193 Å². The predicted molar refractivity (Wildman–Crippen MR) is 125 cm³/mol. The number of likely N-dealkylation sites (N-methyl/N-ethyl adjacent to an activating group) is 1. The second-order valence-electron chi connectivity index (χ2n) is 8.01. The highest BCUT2D eigenvalue weighted by Gasteiger charge is 2.39. The first-order valence-corrected chi connectivity index (χ1v) is 11.2. The number of rotatable bonds is 6. The first kappa shape index (κ1) is 22.3. The van der Waals surface area contributed by atoms with Crippen LogP contribution in [0.25, 0.3) is 0 Å². The minimum absolute atomic E-state index is 0.0576. The summed E-state index contributed by atoms with van der Waals surface area (Å²) in [4.78, 5) is 17.2. The van der Waals surface area contributed by atoms with E-state index in [1.165, 1.54) is 29.8 Å². The van der Waals surface area contributed by atoms with E-state index in [4.69, 9.17) is 16.3 Å². The fourth-order valence-electron chi connectivity index (χ4n) is 4.35. The number of carbonyl (C=O) groups is 1. The van der Waals surface area contributed by atoms with Crippen LogP contribution in [0.4, 0.5) is 9.18 Å². The number of hydrogen-bond donors (Lipinski definition) is 0. The average Bonchev–Trinajstić information content (AvgIpc) is 3.20. The summed E-state index contributed by atoms with van der Waals surface area (Å²) < 4.78 is 18.8. The normalized spacial score (nSPS) is 18.5. The Kier molecular flexibility index (Phi) is 7.08. The van der Waals surface area contributed by atoms with Crippen LogP contribution in [0.2, 0.25) is 5.02 Å². The first-order valence-electron chi connectivity index (χ1n) is 10.8. The van der Waals surface area contributed by atoms with E-state index in [2.05, 4.69) is 17.0 Å². The topological polar surface area (TPSA) is 32.8 Å². The Morgan fingerprint density at radius 3 is 2.38 bits per heavy atom. The second kappa shape index (κ2) is 10.2. The number of likely N-dealkylation sites (tertiary alicyclic amines) is 1. The summed E-state index contributed by atoms with van der Waals surface area (Å²) in [7, 11) is 0. The van der Waals surface area contributed by atoms with E-state index in [9.17, 15) is 9.18 Å². The molecule has 1 fully saturated rings. The standard InChI is InChI=1S/C26H26ClFN2O2/c1-2-30(26(31)32-23-14-12-22(28)13-15-23)25-18-29(16-19-6-4-3-5-7-19)17-24(25)20-8-10-21(27)11-9-20/h3-15,24-25H,2,16-18H2,1H3. The highest BCUT2D eigenvalue weighted by molar-refractivity contribution is 6.30. The zero-order valence-electron chi connectivity index (χ0n) is 18.0. The van der Waals surface area contributed by atoms with Gasteiger partial charge in [0.1, 0.15) is 11.6 Å². The molecule has 1 aliphatic rings. The molecule has 3 aromatic rings. The van der Waals surface area contributed by atoms with Gasteiger partial charge >= 0.3 is 6.09 Å². The molecule has 1 aliphatic heterocycles. The molecule has 2 unspecified atom stereocenters. The largest absolute Gasteiger partial charge is 0.415 e.